The monoisotopic (exact) mass is 590 g/mol. The zero-order chi connectivity index (χ0) is 30.9. The van der Waals surface area contributed by atoms with Crippen LogP contribution in [0.3, 0.4) is 0 Å². The van der Waals surface area contributed by atoms with Gasteiger partial charge in [0.2, 0.25) is 11.8 Å². The predicted molar refractivity (Wildman–Crippen MR) is 143 cm³/mol. The average Bonchev–Trinajstić information content (AvgIpc) is 3.35. The molecule has 218 valence electrons. The molecular weight excluding hydrogens is 568 g/mol. The molecule has 13 heteroatoms. The highest BCUT2D eigenvalue weighted by molar-refractivity contribution is 6.10. The van der Waals surface area contributed by atoms with Crippen LogP contribution < -0.4 is 15.1 Å². The van der Waals surface area contributed by atoms with Gasteiger partial charge in [0, 0.05) is 42.8 Å². The first-order valence-corrected chi connectivity index (χ1v) is 13.2. The number of alkyl halides is 2. The first-order valence-electron chi connectivity index (χ1n) is 13.2. The van der Waals surface area contributed by atoms with Crippen molar-refractivity contribution < 1.29 is 31.9 Å². The van der Waals surface area contributed by atoms with Crippen molar-refractivity contribution in [2.75, 3.05) is 9.80 Å². The van der Waals surface area contributed by atoms with E-state index in [9.17, 15) is 38.1 Å². The second-order valence-electron chi connectivity index (χ2n) is 10.2. The Bertz CT molecular complexity index is 1690. The zero-order valence-corrected chi connectivity index (χ0v) is 22.3. The van der Waals surface area contributed by atoms with Crippen LogP contribution in [0.1, 0.15) is 48.4 Å². The van der Waals surface area contributed by atoms with Crippen LogP contribution in [-0.4, -0.2) is 40.7 Å². The summed E-state index contributed by atoms with van der Waals surface area (Å²) in [5, 5.41) is 21.3. The first-order chi connectivity index (χ1) is 20.5. The molecule has 1 N–H and O–H groups in total. The molecule has 2 fully saturated rings. The van der Waals surface area contributed by atoms with Gasteiger partial charge in [0.05, 0.1) is 23.3 Å². The maximum absolute atomic E-state index is 15.3. The summed E-state index contributed by atoms with van der Waals surface area (Å²) in [6.45, 7) is 0. The lowest BCUT2D eigenvalue weighted by Crippen LogP contribution is -2.56. The maximum Gasteiger partial charge on any atom is 0.252 e. The Labute approximate surface area is 242 Å². The summed E-state index contributed by atoms with van der Waals surface area (Å²) in [6, 6.07) is 10.1. The Kier molecular flexibility index (Phi) is 7.83. The van der Waals surface area contributed by atoms with Crippen LogP contribution >= 0.6 is 0 Å². The van der Waals surface area contributed by atoms with E-state index in [0.717, 1.165) is 34.1 Å². The van der Waals surface area contributed by atoms with Crippen molar-refractivity contribution in [1.82, 2.24) is 10.3 Å². The number of hydrogen-bond donors (Lipinski definition) is 1. The van der Waals surface area contributed by atoms with Gasteiger partial charge in [0.15, 0.2) is 0 Å². The molecule has 1 unspecified atom stereocenters. The highest BCUT2D eigenvalue weighted by atomic mass is 19.3. The number of nitrogens with one attached hydrogen (secondary N) is 1. The SMILES string of the molecule is N#Cc1cc(F)cc(N(C(=O)[C@@H]2CCC(=O)N2c2cc(C#N)ccn2)C(C(=O)NC2CC(F)(F)C2)c2ccccc2F)c1. The third kappa shape index (κ3) is 5.88. The summed E-state index contributed by atoms with van der Waals surface area (Å²) in [7, 11) is 0. The van der Waals surface area contributed by atoms with Gasteiger partial charge in [0.25, 0.3) is 11.8 Å². The van der Waals surface area contributed by atoms with Crippen molar-refractivity contribution in [2.24, 2.45) is 0 Å². The molecule has 0 bridgehead atoms. The molecule has 2 heterocycles. The third-order valence-electron chi connectivity index (χ3n) is 7.29. The lowest BCUT2D eigenvalue weighted by Gasteiger charge is -2.39. The molecule has 2 aromatic carbocycles. The second kappa shape index (κ2) is 11.5. The third-order valence-corrected chi connectivity index (χ3v) is 7.29. The Morgan fingerprint density at radius 2 is 1.77 bits per heavy atom. The quantitative estimate of drug-likeness (QED) is 0.409. The molecule has 0 radical (unpaired) electrons. The summed E-state index contributed by atoms with van der Waals surface area (Å²) in [6.07, 6.45) is -0.257. The van der Waals surface area contributed by atoms with E-state index in [1.165, 1.54) is 36.5 Å². The predicted octanol–water partition coefficient (Wildman–Crippen LogP) is 4.29. The number of nitriles is 2. The zero-order valence-electron chi connectivity index (χ0n) is 22.3. The second-order valence-corrected chi connectivity index (χ2v) is 10.2. The van der Waals surface area contributed by atoms with Gasteiger partial charge in [-0.3, -0.25) is 24.2 Å². The highest BCUT2D eigenvalue weighted by Gasteiger charge is 2.48. The van der Waals surface area contributed by atoms with Gasteiger partial charge in [0.1, 0.15) is 29.5 Å². The summed E-state index contributed by atoms with van der Waals surface area (Å²) < 4.78 is 57.3. The van der Waals surface area contributed by atoms with Crippen molar-refractivity contribution in [2.45, 2.75) is 49.7 Å². The molecule has 0 spiro atoms. The minimum atomic E-state index is -3.00. The molecule has 9 nitrogen and oxygen atoms in total. The van der Waals surface area contributed by atoms with Crippen molar-refractivity contribution in [3.63, 3.8) is 0 Å². The van der Waals surface area contributed by atoms with E-state index < -0.39 is 66.2 Å². The first kappa shape index (κ1) is 29.2. The molecule has 1 aromatic heterocycles. The summed E-state index contributed by atoms with van der Waals surface area (Å²) in [4.78, 5) is 47.2. The van der Waals surface area contributed by atoms with Gasteiger partial charge in [-0.25, -0.2) is 22.5 Å². The smallest absolute Gasteiger partial charge is 0.252 e. The number of halogens is 4. The van der Waals surface area contributed by atoms with Crippen molar-refractivity contribution >= 4 is 29.2 Å². The largest absolute Gasteiger partial charge is 0.351 e. The molecule has 2 atom stereocenters. The number of benzene rings is 2. The number of rotatable bonds is 7. The van der Waals surface area contributed by atoms with E-state index >= 15 is 4.39 Å². The number of anilines is 2. The number of hydrogen-bond acceptors (Lipinski definition) is 6. The fourth-order valence-electron chi connectivity index (χ4n) is 5.30. The fourth-order valence-corrected chi connectivity index (χ4v) is 5.30. The van der Waals surface area contributed by atoms with Crippen molar-refractivity contribution in [3.05, 3.63) is 89.1 Å². The topological polar surface area (TPSA) is 130 Å². The molecule has 43 heavy (non-hydrogen) atoms. The molecule has 1 aliphatic heterocycles. The van der Waals surface area contributed by atoms with Gasteiger partial charge in [-0.1, -0.05) is 18.2 Å². The number of nitrogens with zero attached hydrogens (tertiary/aromatic N) is 5. The van der Waals surface area contributed by atoms with Gasteiger partial charge in [-0.05, 0) is 42.8 Å². The lowest BCUT2D eigenvalue weighted by molar-refractivity contribution is -0.133. The minimum absolute atomic E-state index is 0.0274. The van der Waals surface area contributed by atoms with E-state index in [4.69, 9.17) is 0 Å². The van der Waals surface area contributed by atoms with E-state index in [0.29, 0.717) is 0 Å². The lowest BCUT2D eigenvalue weighted by atomic mass is 9.87. The van der Waals surface area contributed by atoms with Gasteiger partial charge < -0.3 is 5.32 Å². The number of carbonyl (C=O) groups is 3. The van der Waals surface area contributed by atoms with Crippen LogP contribution in [0.25, 0.3) is 0 Å². The number of aromatic nitrogens is 1. The highest BCUT2D eigenvalue weighted by Crippen LogP contribution is 2.39. The average molecular weight is 591 g/mol. The molecule has 5 rings (SSSR count). The Balaban J connectivity index is 1.65. The van der Waals surface area contributed by atoms with Crippen LogP contribution in [0.15, 0.2) is 60.8 Å². The fraction of sp³-hybridized carbons (Fsp3) is 0.267. The Morgan fingerprint density at radius 1 is 1.05 bits per heavy atom. The molecule has 2 aliphatic rings. The molecular formula is C30H22F4N6O3. The maximum atomic E-state index is 15.3. The van der Waals surface area contributed by atoms with Crippen LogP contribution in [0, 0.1) is 34.3 Å². The van der Waals surface area contributed by atoms with E-state index in [1.54, 1.807) is 6.07 Å². The van der Waals surface area contributed by atoms with Crippen LogP contribution in [-0.2, 0) is 14.4 Å². The van der Waals surface area contributed by atoms with E-state index in [2.05, 4.69) is 10.3 Å². The molecule has 3 amide bonds. The van der Waals surface area contributed by atoms with Crippen LogP contribution in [0.2, 0.25) is 0 Å². The molecule has 1 saturated carbocycles. The standard InChI is InChI=1S/C30H22F4N6O3/c31-19-9-18(16-36)10-21(12-19)39(29(43)24-5-6-26(41)40(24)25-11-17(15-35)7-8-37-25)27(22-3-1-2-4-23(22)32)28(42)38-20-13-30(33,34)14-20/h1-4,7-12,20,24,27H,5-6,13-14H2,(H,38,42)/t24-,27?/m0/s1. The molecule has 1 aliphatic carbocycles. The summed E-state index contributed by atoms with van der Waals surface area (Å²) >= 11 is 0. The van der Waals surface area contributed by atoms with Crippen LogP contribution in [0.4, 0.5) is 29.1 Å². The number of carbonyl (C=O) groups excluding carboxylic acids is 3. The number of amides is 3. The van der Waals surface area contributed by atoms with Gasteiger partial charge in [-0.15, -0.1) is 0 Å². The summed E-state index contributed by atoms with van der Waals surface area (Å²) in [5.41, 5.74) is -0.705. The Hall–Kier alpha value is -5.30. The minimum Gasteiger partial charge on any atom is -0.351 e. The van der Waals surface area contributed by atoms with Gasteiger partial charge in [-0.2, -0.15) is 10.5 Å². The molecule has 3 aromatic rings. The number of pyridine rings is 1. The van der Waals surface area contributed by atoms with Crippen molar-refractivity contribution in [1.29, 1.82) is 10.5 Å². The van der Waals surface area contributed by atoms with Crippen LogP contribution in [0.5, 0.6) is 0 Å². The Morgan fingerprint density at radius 3 is 2.44 bits per heavy atom. The van der Waals surface area contributed by atoms with Crippen molar-refractivity contribution in [3.8, 4) is 12.1 Å². The van der Waals surface area contributed by atoms with Gasteiger partial charge >= 0.3 is 0 Å². The van der Waals surface area contributed by atoms with E-state index in [-0.39, 0.29) is 41.0 Å². The normalized spacial score (nSPS) is 18.2. The van der Waals surface area contributed by atoms with E-state index in [1.807, 2.05) is 6.07 Å². The molecule has 1 saturated heterocycles. The summed E-state index contributed by atoms with van der Waals surface area (Å²) in [5.74, 6) is -7.39.